The lowest BCUT2D eigenvalue weighted by Crippen LogP contribution is -2.24. The zero-order valence-electron chi connectivity index (χ0n) is 38.2. The van der Waals surface area contributed by atoms with Crippen LogP contribution in [0.3, 0.4) is 0 Å². The molecule has 9 N–H and O–H groups in total. The van der Waals surface area contributed by atoms with E-state index in [4.69, 9.17) is 35.4 Å². The molecule has 0 aliphatic heterocycles. The number of benzene rings is 7. The molecule has 7 aromatic rings. The highest BCUT2D eigenvalue weighted by molar-refractivity contribution is 5.87. The SMILES string of the molecule is CC(=O)O.CC(CCC(=O)O)(c1ccc(O)cc1)c1ccc(O)cc1.CCC(=O)O.Cc1ccc(C(c2ccc(O)cc2)c2ccc(C(=O)O)cc2)cc1.Oc1ccccc1.Oc1ccccc1. The van der Waals surface area contributed by atoms with Gasteiger partial charge in [-0.15, -0.1) is 0 Å². The highest BCUT2D eigenvalue weighted by Gasteiger charge is 2.29. The molecular weight excluding hydrogens is 869 g/mol. The lowest BCUT2D eigenvalue weighted by atomic mass is 9.73. The second kappa shape index (κ2) is 29.1. The van der Waals surface area contributed by atoms with Crippen LogP contribution in [0.4, 0.5) is 0 Å². The fourth-order valence-corrected chi connectivity index (χ4v) is 6.15. The van der Waals surface area contributed by atoms with Crippen molar-refractivity contribution in [3.8, 4) is 28.7 Å². The Balaban J connectivity index is 0.000000322. The lowest BCUT2D eigenvalue weighted by molar-refractivity contribution is -0.138. The molecule has 1 atom stereocenters. The third kappa shape index (κ3) is 20.9. The number of aromatic hydroxyl groups is 5. The average Bonchev–Trinajstić information content (AvgIpc) is 3.31. The van der Waals surface area contributed by atoms with E-state index in [1.165, 1.54) is 5.56 Å². The molecular formula is C55H58O13. The van der Waals surface area contributed by atoms with Gasteiger partial charge >= 0.3 is 17.9 Å². The van der Waals surface area contributed by atoms with Gasteiger partial charge in [-0.05, 0) is 114 Å². The Morgan fingerprint density at radius 3 is 1.03 bits per heavy atom. The molecule has 7 aromatic carbocycles. The van der Waals surface area contributed by atoms with Crippen molar-refractivity contribution in [1.82, 2.24) is 0 Å². The number of carboxylic acid groups (broad SMARTS) is 4. The summed E-state index contributed by atoms with van der Waals surface area (Å²) in [6.07, 6.45) is 0.691. The summed E-state index contributed by atoms with van der Waals surface area (Å²) in [5.74, 6) is -2.17. The maximum atomic E-state index is 11.1. The highest BCUT2D eigenvalue weighted by Crippen LogP contribution is 2.38. The fraction of sp³-hybridized carbons (Fsp3) is 0.164. The zero-order valence-corrected chi connectivity index (χ0v) is 38.2. The first-order chi connectivity index (χ1) is 32.2. The quantitative estimate of drug-likeness (QED) is 0.0580. The van der Waals surface area contributed by atoms with E-state index in [1.807, 2.05) is 50.2 Å². The normalized spacial score (nSPS) is 10.4. The Labute approximate surface area is 395 Å². The summed E-state index contributed by atoms with van der Waals surface area (Å²) < 4.78 is 0. The van der Waals surface area contributed by atoms with Crippen LogP contribution in [0.5, 0.6) is 28.7 Å². The van der Waals surface area contributed by atoms with Crippen molar-refractivity contribution < 1.29 is 65.1 Å². The Kier molecular flexibility index (Phi) is 23.7. The Morgan fingerprint density at radius 1 is 0.456 bits per heavy atom. The number of hydrogen-bond donors (Lipinski definition) is 9. The van der Waals surface area contributed by atoms with Crippen molar-refractivity contribution in [1.29, 1.82) is 0 Å². The van der Waals surface area contributed by atoms with Gasteiger partial charge in [-0.2, -0.15) is 0 Å². The van der Waals surface area contributed by atoms with Crippen LogP contribution >= 0.6 is 0 Å². The number of carbonyl (C=O) groups is 4. The molecule has 0 amide bonds. The van der Waals surface area contributed by atoms with Gasteiger partial charge < -0.3 is 46.0 Å². The summed E-state index contributed by atoms with van der Waals surface area (Å²) in [6, 6.07) is 53.3. The van der Waals surface area contributed by atoms with Gasteiger partial charge in [0.25, 0.3) is 5.97 Å². The van der Waals surface area contributed by atoms with Gasteiger partial charge in [0.15, 0.2) is 0 Å². The predicted molar refractivity (Wildman–Crippen MR) is 261 cm³/mol. The minimum absolute atomic E-state index is 0.0194. The van der Waals surface area contributed by atoms with E-state index in [0.717, 1.165) is 34.7 Å². The third-order valence-electron chi connectivity index (χ3n) is 9.79. The topological polar surface area (TPSA) is 250 Å². The summed E-state index contributed by atoms with van der Waals surface area (Å²) in [6.45, 7) is 6.69. The van der Waals surface area contributed by atoms with E-state index in [-0.39, 0.29) is 41.6 Å². The maximum absolute atomic E-state index is 11.1. The number of phenolic OH excluding ortho intramolecular Hbond substituents is 5. The van der Waals surface area contributed by atoms with Crippen molar-refractivity contribution in [3.05, 3.63) is 221 Å². The molecule has 0 aliphatic rings. The Morgan fingerprint density at radius 2 is 0.750 bits per heavy atom. The van der Waals surface area contributed by atoms with Crippen molar-refractivity contribution in [2.24, 2.45) is 0 Å². The second-order valence-corrected chi connectivity index (χ2v) is 15.1. The first kappa shape index (κ1) is 55.6. The van der Waals surface area contributed by atoms with Crippen LogP contribution in [0, 0.1) is 6.92 Å². The summed E-state index contributed by atoms with van der Waals surface area (Å²) in [7, 11) is 0. The number of para-hydroxylation sites is 2. The van der Waals surface area contributed by atoms with E-state index in [9.17, 15) is 29.7 Å². The van der Waals surface area contributed by atoms with Crippen molar-refractivity contribution >= 4 is 23.9 Å². The third-order valence-corrected chi connectivity index (χ3v) is 9.79. The first-order valence-corrected chi connectivity index (χ1v) is 21.1. The zero-order chi connectivity index (χ0) is 50.6. The minimum atomic E-state index is -0.932. The van der Waals surface area contributed by atoms with Gasteiger partial charge in [-0.3, -0.25) is 14.4 Å². The minimum Gasteiger partial charge on any atom is -0.508 e. The molecule has 0 saturated carbocycles. The Bertz CT molecular complexity index is 2410. The largest absolute Gasteiger partial charge is 0.508 e. The lowest BCUT2D eigenvalue weighted by Gasteiger charge is -2.30. The average molecular weight is 927 g/mol. The molecule has 0 radical (unpaired) electrons. The fourth-order valence-electron chi connectivity index (χ4n) is 6.15. The van der Waals surface area contributed by atoms with Crippen LogP contribution in [-0.2, 0) is 19.8 Å². The smallest absolute Gasteiger partial charge is 0.335 e. The molecule has 356 valence electrons. The monoisotopic (exact) mass is 926 g/mol. The molecule has 7 rings (SSSR count). The van der Waals surface area contributed by atoms with Crippen LogP contribution in [0.25, 0.3) is 0 Å². The molecule has 0 bridgehead atoms. The van der Waals surface area contributed by atoms with Crippen LogP contribution in [-0.4, -0.2) is 69.8 Å². The van der Waals surface area contributed by atoms with Crippen LogP contribution < -0.4 is 0 Å². The number of rotatable bonds is 10. The summed E-state index contributed by atoms with van der Waals surface area (Å²) >= 11 is 0. The van der Waals surface area contributed by atoms with Crippen molar-refractivity contribution in [3.63, 3.8) is 0 Å². The van der Waals surface area contributed by atoms with E-state index in [2.05, 4.69) is 24.3 Å². The first-order valence-electron chi connectivity index (χ1n) is 21.1. The maximum Gasteiger partial charge on any atom is 0.335 e. The number of carboxylic acids is 4. The number of phenols is 5. The van der Waals surface area contributed by atoms with Gasteiger partial charge in [-0.25, -0.2) is 4.79 Å². The standard InChI is InChI=1S/C21H18O3.C17H18O4.2C6H6O.C3H6O2.C2H4O2/c1-14-2-4-15(5-3-14)20(17-10-12-19(22)13-11-17)16-6-8-18(9-7-16)21(23)24;1-17(11-10-16(20)21,12-2-6-14(18)7-3-12)13-4-8-15(19)9-5-13;2*7-6-4-2-1-3-5-6;1-2-3(4)5;1-2(3)4/h2-13,20,22H,1H3,(H,23,24);2-9,18-19H,10-11H2,1H3,(H,20,21);2*1-5,7H;2H2,1H3,(H,4,5);1H3,(H,3,4). The molecule has 1 unspecified atom stereocenters. The summed E-state index contributed by atoms with van der Waals surface area (Å²) in [5.41, 5.74) is 5.97. The summed E-state index contributed by atoms with van der Waals surface area (Å²) in [4.78, 5) is 40.4. The van der Waals surface area contributed by atoms with Crippen LogP contribution in [0.15, 0.2) is 182 Å². The van der Waals surface area contributed by atoms with Gasteiger partial charge in [0.05, 0.1) is 5.56 Å². The van der Waals surface area contributed by atoms with Crippen LogP contribution in [0.2, 0.25) is 0 Å². The molecule has 0 heterocycles. The molecule has 0 spiro atoms. The van der Waals surface area contributed by atoms with E-state index in [1.54, 1.807) is 128 Å². The Hall–Kier alpha value is -8.58. The van der Waals surface area contributed by atoms with Gasteiger partial charge in [0.1, 0.15) is 28.7 Å². The summed E-state index contributed by atoms with van der Waals surface area (Å²) in [5, 5.41) is 78.9. The molecule has 68 heavy (non-hydrogen) atoms. The molecule has 0 fully saturated rings. The van der Waals surface area contributed by atoms with Crippen LogP contribution in [0.1, 0.15) is 89.7 Å². The van der Waals surface area contributed by atoms with Gasteiger partial charge in [-0.1, -0.05) is 129 Å². The van der Waals surface area contributed by atoms with E-state index < -0.39 is 29.3 Å². The van der Waals surface area contributed by atoms with Gasteiger partial charge in [0, 0.05) is 31.1 Å². The highest BCUT2D eigenvalue weighted by atomic mass is 16.4. The molecule has 0 aromatic heterocycles. The molecule has 0 saturated heterocycles. The molecule has 13 nitrogen and oxygen atoms in total. The number of aliphatic carboxylic acids is 3. The van der Waals surface area contributed by atoms with E-state index in [0.29, 0.717) is 17.9 Å². The molecule has 13 heteroatoms. The van der Waals surface area contributed by atoms with Crippen molar-refractivity contribution in [2.75, 3.05) is 0 Å². The molecule has 0 aliphatic carbocycles. The predicted octanol–water partition coefficient (Wildman–Crippen LogP) is 11.2. The number of aromatic carboxylic acids is 1. The number of hydrogen-bond acceptors (Lipinski definition) is 9. The van der Waals surface area contributed by atoms with Gasteiger partial charge in [0.2, 0.25) is 0 Å². The van der Waals surface area contributed by atoms with E-state index >= 15 is 0 Å². The second-order valence-electron chi connectivity index (χ2n) is 15.1. The van der Waals surface area contributed by atoms with Crippen molar-refractivity contribution in [2.45, 2.75) is 58.3 Å². The number of aryl methyl sites for hydroxylation is 1.